The van der Waals surface area contributed by atoms with E-state index in [1.807, 2.05) is 6.07 Å². The van der Waals surface area contributed by atoms with Gasteiger partial charge in [-0.1, -0.05) is 6.07 Å². The van der Waals surface area contributed by atoms with Crippen LogP contribution in [0.2, 0.25) is 0 Å². The van der Waals surface area contributed by atoms with Crippen molar-refractivity contribution in [1.82, 2.24) is 4.90 Å². The van der Waals surface area contributed by atoms with Crippen LogP contribution in [0.1, 0.15) is 12.5 Å². The molecule has 1 unspecified atom stereocenters. The molecule has 2 rings (SSSR count). The minimum atomic E-state index is -1.02. The summed E-state index contributed by atoms with van der Waals surface area (Å²) in [5, 5.41) is 18.4. The zero-order chi connectivity index (χ0) is 16.1. The quantitative estimate of drug-likeness (QED) is 0.904. The molecule has 1 heterocycles. The van der Waals surface area contributed by atoms with Gasteiger partial charge >= 0.3 is 12.1 Å². The van der Waals surface area contributed by atoms with E-state index in [4.69, 9.17) is 10.00 Å². The number of nitriles is 1. The lowest BCUT2D eigenvalue weighted by molar-refractivity contribution is -0.139. The average Bonchev–Trinajstić information content (AvgIpc) is 2.54. The first-order valence-corrected chi connectivity index (χ1v) is 6.98. The summed E-state index contributed by atoms with van der Waals surface area (Å²) >= 11 is 0. The van der Waals surface area contributed by atoms with Crippen molar-refractivity contribution < 1.29 is 19.4 Å². The Hall–Kier alpha value is -2.75. The van der Waals surface area contributed by atoms with E-state index in [2.05, 4.69) is 0 Å². The van der Waals surface area contributed by atoms with Crippen molar-refractivity contribution in [1.29, 1.82) is 5.26 Å². The highest BCUT2D eigenvalue weighted by Crippen LogP contribution is 2.22. The van der Waals surface area contributed by atoms with E-state index in [1.54, 1.807) is 36.1 Å². The molecule has 1 aromatic carbocycles. The first-order valence-electron chi connectivity index (χ1n) is 6.98. The largest absolute Gasteiger partial charge is 0.480 e. The number of aliphatic carboxylic acids is 1. The van der Waals surface area contributed by atoms with Crippen LogP contribution in [0.15, 0.2) is 24.3 Å². The Kier molecular flexibility index (Phi) is 4.84. The van der Waals surface area contributed by atoms with Gasteiger partial charge in [0, 0.05) is 18.8 Å². The minimum absolute atomic E-state index is 0.0466. The Morgan fingerprint density at radius 3 is 2.86 bits per heavy atom. The van der Waals surface area contributed by atoms with Crippen LogP contribution >= 0.6 is 0 Å². The molecule has 1 aliphatic rings. The monoisotopic (exact) mass is 303 g/mol. The molecule has 1 amide bonds. The summed E-state index contributed by atoms with van der Waals surface area (Å²) in [5.41, 5.74) is 1.13. The van der Waals surface area contributed by atoms with Crippen molar-refractivity contribution in [2.45, 2.75) is 13.0 Å². The van der Waals surface area contributed by atoms with E-state index in [9.17, 15) is 14.7 Å². The van der Waals surface area contributed by atoms with Gasteiger partial charge in [0.15, 0.2) is 0 Å². The number of rotatable bonds is 3. The van der Waals surface area contributed by atoms with Crippen molar-refractivity contribution >= 4 is 17.7 Å². The number of carboxylic acid groups (broad SMARTS) is 1. The van der Waals surface area contributed by atoms with Crippen LogP contribution in [0.25, 0.3) is 0 Å². The number of benzene rings is 1. The number of hydrogen-bond acceptors (Lipinski definition) is 5. The summed E-state index contributed by atoms with van der Waals surface area (Å²) in [6.07, 6.45) is -0.501. The number of amides is 1. The van der Waals surface area contributed by atoms with Crippen molar-refractivity contribution in [2.75, 3.05) is 31.1 Å². The summed E-state index contributed by atoms with van der Waals surface area (Å²) in [6, 6.07) is 7.95. The molecular formula is C15H17N3O4. The summed E-state index contributed by atoms with van der Waals surface area (Å²) in [4.78, 5) is 26.4. The Morgan fingerprint density at radius 1 is 1.45 bits per heavy atom. The third-order valence-electron chi connectivity index (χ3n) is 3.50. The zero-order valence-electron chi connectivity index (χ0n) is 12.2. The summed E-state index contributed by atoms with van der Waals surface area (Å²) in [5.74, 6) is -1.02. The van der Waals surface area contributed by atoms with Crippen LogP contribution in [0.3, 0.4) is 0 Å². The van der Waals surface area contributed by atoms with E-state index in [-0.39, 0.29) is 13.2 Å². The lowest BCUT2D eigenvalue weighted by Crippen LogP contribution is -2.58. The van der Waals surface area contributed by atoms with E-state index in [1.165, 1.54) is 4.90 Å². The fourth-order valence-corrected chi connectivity index (χ4v) is 2.44. The zero-order valence-corrected chi connectivity index (χ0v) is 12.2. The Morgan fingerprint density at radius 2 is 2.23 bits per heavy atom. The van der Waals surface area contributed by atoms with Crippen LogP contribution in [0.5, 0.6) is 0 Å². The average molecular weight is 303 g/mol. The third-order valence-corrected chi connectivity index (χ3v) is 3.50. The molecule has 1 saturated heterocycles. The molecule has 1 aromatic rings. The van der Waals surface area contributed by atoms with Gasteiger partial charge in [-0.2, -0.15) is 5.26 Å². The van der Waals surface area contributed by atoms with Crippen LogP contribution in [-0.4, -0.2) is 54.4 Å². The topological polar surface area (TPSA) is 93.9 Å². The van der Waals surface area contributed by atoms with E-state index >= 15 is 0 Å². The number of carboxylic acids is 1. The molecule has 0 spiro atoms. The molecule has 0 bridgehead atoms. The molecule has 1 aliphatic heterocycles. The maximum atomic E-state index is 11.8. The number of hydrogen-bond donors (Lipinski definition) is 1. The van der Waals surface area contributed by atoms with E-state index in [0.29, 0.717) is 24.3 Å². The number of carbonyl (C=O) groups excluding carboxylic acids is 1. The molecule has 1 fully saturated rings. The lowest BCUT2D eigenvalue weighted by Gasteiger charge is -2.40. The Bertz CT molecular complexity index is 611. The van der Waals surface area contributed by atoms with Gasteiger partial charge in [-0.25, -0.2) is 9.59 Å². The highest BCUT2D eigenvalue weighted by molar-refractivity contribution is 5.80. The van der Waals surface area contributed by atoms with Crippen LogP contribution in [0.4, 0.5) is 10.5 Å². The number of nitrogens with zero attached hydrogens (tertiary/aromatic N) is 3. The predicted octanol–water partition coefficient (Wildman–Crippen LogP) is 1.29. The Balaban J connectivity index is 2.21. The molecule has 7 heteroatoms. The van der Waals surface area contributed by atoms with Crippen molar-refractivity contribution in [3.05, 3.63) is 29.8 Å². The standard InChI is InChI=1S/C15H17N3O4/c1-2-22-15(21)17-6-7-18(13(10-17)14(19)20)12-5-3-4-11(8-12)9-16/h3-5,8,13H,2,6-7,10H2,1H3,(H,19,20). The lowest BCUT2D eigenvalue weighted by atomic mass is 10.1. The van der Waals surface area contributed by atoms with Gasteiger partial charge in [0.1, 0.15) is 6.04 Å². The van der Waals surface area contributed by atoms with Crippen molar-refractivity contribution in [2.24, 2.45) is 0 Å². The highest BCUT2D eigenvalue weighted by atomic mass is 16.6. The first kappa shape index (κ1) is 15.6. The molecule has 0 aliphatic carbocycles. The SMILES string of the molecule is CCOC(=O)N1CCN(c2cccc(C#N)c2)C(C(=O)O)C1. The van der Waals surface area contributed by atoms with Gasteiger partial charge in [-0.15, -0.1) is 0 Å². The predicted molar refractivity (Wildman–Crippen MR) is 78.5 cm³/mol. The fourth-order valence-electron chi connectivity index (χ4n) is 2.44. The van der Waals surface area contributed by atoms with Gasteiger partial charge in [-0.3, -0.25) is 0 Å². The second-order valence-corrected chi connectivity index (χ2v) is 4.85. The second kappa shape index (κ2) is 6.80. The maximum Gasteiger partial charge on any atom is 0.409 e. The molecular weight excluding hydrogens is 286 g/mol. The van der Waals surface area contributed by atoms with Gasteiger partial charge in [0.25, 0.3) is 0 Å². The molecule has 0 saturated carbocycles. The number of ether oxygens (including phenoxy) is 1. The van der Waals surface area contributed by atoms with Crippen molar-refractivity contribution in [3.8, 4) is 6.07 Å². The van der Waals surface area contributed by atoms with Gasteiger partial charge < -0.3 is 19.6 Å². The fraction of sp³-hybridized carbons (Fsp3) is 0.400. The van der Waals surface area contributed by atoms with Gasteiger partial charge in [-0.05, 0) is 25.1 Å². The minimum Gasteiger partial charge on any atom is -0.480 e. The molecule has 7 nitrogen and oxygen atoms in total. The molecule has 1 atom stereocenters. The number of anilines is 1. The summed E-state index contributed by atoms with van der Waals surface area (Å²) in [6.45, 7) is 2.74. The molecule has 1 N–H and O–H groups in total. The van der Waals surface area contributed by atoms with Gasteiger partial charge in [0.05, 0.1) is 24.8 Å². The number of carbonyl (C=O) groups is 2. The van der Waals surface area contributed by atoms with Crippen LogP contribution < -0.4 is 4.90 Å². The second-order valence-electron chi connectivity index (χ2n) is 4.85. The first-order chi connectivity index (χ1) is 10.6. The van der Waals surface area contributed by atoms with Crippen LogP contribution in [0, 0.1) is 11.3 Å². The van der Waals surface area contributed by atoms with Crippen molar-refractivity contribution in [3.63, 3.8) is 0 Å². The smallest absolute Gasteiger partial charge is 0.409 e. The normalized spacial score (nSPS) is 17.7. The summed E-state index contributed by atoms with van der Waals surface area (Å²) < 4.78 is 4.92. The molecule has 22 heavy (non-hydrogen) atoms. The molecule has 0 aromatic heterocycles. The van der Waals surface area contributed by atoms with Gasteiger partial charge in [0.2, 0.25) is 0 Å². The maximum absolute atomic E-state index is 11.8. The highest BCUT2D eigenvalue weighted by Gasteiger charge is 2.35. The molecule has 0 radical (unpaired) electrons. The summed E-state index contributed by atoms with van der Waals surface area (Å²) in [7, 11) is 0. The van der Waals surface area contributed by atoms with E-state index in [0.717, 1.165) is 0 Å². The Labute approximate surface area is 128 Å². The third kappa shape index (κ3) is 3.28. The van der Waals surface area contributed by atoms with Crippen LogP contribution in [-0.2, 0) is 9.53 Å². The molecule has 116 valence electrons. The van der Waals surface area contributed by atoms with E-state index < -0.39 is 18.1 Å². The number of piperazine rings is 1.